The first-order valence-corrected chi connectivity index (χ1v) is 7.78. The number of halogens is 1. The summed E-state index contributed by atoms with van der Waals surface area (Å²) < 4.78 is 13.1. The second kappa shape index (κ2) is 6.50. The Balaban J connectivity index is 1.82. The molecule has 0 radical (unpaired) electrons. The molecule has 0 aliphatic carbocycles. The van der Waals surface area contributed by atoms with Gasteiger partial charge in [0, 0.05) is 18.9 Å². The summed E-state index contributed by atoms with van der Waals surface area (Å²) in [6.07, 6.45) is -0.311. The van der Waals surface area contributed by atoms with Crippen LogP contribution in [0.5, 0.6) is 0 Å². The van der Waals surface area contributed by atoms with E-state index in [0.717, 1.165) is 17.0 Å². The van der Waals surface area contributed by atoms with Crippen LogP contribution in [-0.4, -0.2) is 47.3 Å². The van der Waals surface area contributed by atoms with Crippen molar-refractivity contribution in [1.29, 1.82) is 0 Å². The van der Waals surface area contributed by atoms with Crippen LogP contribution in [0.15, 0.2) is 24.3 Å². The molecule has 2 aliphatic rings. The van der Waals surface area contributed by atoms with Crippen molar-refractivity contribution in [2.75, 3.05) is 11.4 Å². The maximum atomic E-state index is 13.1. The molecule has 1 N–H and O–H groups in total. The van der Waals surface area contributed by atoms with Crippen molar-refractivity contribution in [2.24, 2.45) is 0 Å². The molecule has 2 aliphatic heterocycles. The summed E-state index contributed by atoms with van der Waals surface area (Å²) in [6, 6.07) is 2.77. The molecule has 1 aromatic carbocycles. The first-order chi connectivity index (χ1) is 11.9. The van der Waals surface area contributed by atoms with Gasteiger partial charge in [-0.1, -0.05) is 0 Å². The number of fused-ring (bicyclic) bond motifs is 1. The van der Waals surface area contributed by atoms with E-state index < -0.39 is 48.1 Å². The molecule has 3 rings (SSSR count). The molecule has 25 heavy (non-hydrogen) atoms. The Kier molecular flexibility index (Phi) is 4.39. The molecule has 2 saturated heterocycles. The van der Waals surface area contributed by atoms with Crippen LogP contribution in [0.3, 0.4) is 0 Å². The molecule has 0 saturated carbocycles. The van der Waals surface area contributed by atoms with E-state index in [9.17, 15) is 28.7 Å². The third-order valence-corrected chi connectivity index (χ3v) is 4.33. The summed E-state index contributed by atoms with van der Waals surface area (Å²) in [4.78, 5) is 49.9. The third-order valence-electron chi connectivity index (χ3n) is 4.33. The van der Waals surface area contributed by atoms with Crippen molar-refractivity contribution in [1.82, 2.24) is 10.2 Å². The van der Waals surface area contributed by atoms with Gasteiger partial charge in [-0.25, -0.2) is 14.1 Å². The second-order valence-corrected chi connectivity index (χ2v) is 5.90. The van der Waals surface area contributed by atoms with Gasteiger partial charge in [0.15, 0.2) is 0 Å². The molecule has 2 heterocycles. The lowest BCUT2D eigenvalue weighted by Gasteiger charge is -2.36. The number of hydrogen-bond acceptors (Lipinski definition) is 5. The topological polar surface area (TPSA) is 110 Å². The number of nitrogens with one attached hydrogen (secondary N) is 1. The van der Waals surface area contributed by atoms with E-state index in [1.807, 2.05) is 0 Å². The molecular formula is C16H15FN3O5-. The van der Waals surface area contributed by atoms with Gasteiger partial charge in [-0.2, -0.15) is 0 Å². The third kappa shape index (κ3) is 3.17. The molecule has 4 amide bonds. The number of carboxylic acid groups (broad SMARTS) is 1. The summed E-state index contributed by atoms with van der Waals surface area (Å²) in [5, 5.41) is 13.2. The summed E-state index contributed by atoms with van der Waals surface area (Å²) in [7, 11) is 0. The van der Waals surface area contributed by atoms with Crippen molar-refractivity contribution in [3.05, 3.63) is 30.1 Å². The minimum absolute atomic E-state index is 0.191. The Hall–Kier alpha value is -2.97. The van der Waals surface area contributed by atoms with E-state index in [1.54, 1.807) is 0 Å². The average Bonchev–Trinajstić information content (AvgIpc) is 2.98. The fourth-order valence-electron chi connectivity index (χ4n) is 3.17. The van der Waals surface area contributed by atoms with E-state index in [4.69, 9.17) is 0 Å². The lowest BCUT2D eigenvalue weighted by Crippen LogP contribution is -2.65. The van der Waals surface area contributed by atoms with Crippen LogP contribution >= 0.6 is 0 Å². The number of anilines is 1. The van der Waals surface area contributed by atoms with Crippen LogP contribution < -0.4 is 15.3 Å². The number of benzene rings is 1. The van der Waals surface area contributed by atoms with E-state index in [1.165, 1.54) is 17.0 Å². The van der Waals surface area contributed by atoms with Gasteiger partial charge in [0.05, 0.1) is 11.7 Å². The summed E-state index contributed by atoms with van der Waals surface area (Å²) in [5.41, 5.74) is 0.191. The molecule has 0 bridgehead atoms. The number of carbonyl (C=O) groups excluding carboxylic acids is 4. The van der Waals surface area contributed by atoms with Gasteiger partial charge in [-0.15, -0.1) is 0 Å². The highest BCUT2D eigenvalue weighted by atomic mass is 19.1. The Labute approximate surface area is 142 Å². The van der Waals surface area contributed by atoms with Crippen LogP contribution in [0.25, 0.3) is 0 Å². The van der Waals surface area contributed by atoms with Crippen LogP contribution in [-0.2, 0) is 14.4 Å². The van der Waals surface area contributed by atoms with Crippen molar-refractivity contribution in [3.63, 3.8) is 0 Å². The standard InChI is InChI=1S/C16H16FN3O5/c17-9-1-3-10(4-2-9)20-15(24)14-11(18-16(20)25)7-8-19(14)12(21)5-6-13(22)23/h1-4,11,14H,5-8H2,(H,18,25)(H,22,23)/p-1/t11-,14+/m1/s1. The predicted octanol–water partition coefficient (Wildman–Crippen LogP) is -0.618. The van der Waals surface area contributed by atoms with Crippen molar-refractivity contribution >= 4 is 29.5 Å². The molecule has 0 aromatic heterocycles. The molecule has 1 aromatic rings. The van der Waals surface area contributed by atoms with Gasteiger partial charge in [0.2, 0.25) is 5.91 Å². The largest absolute Gasteiger partial charge is 0.550 e. The number of rotatable bonds is 4. The number of likely N-dealkylation sites (tertiary alicyclic amines) is 1. The van der Waals surface area contributed by atoms with Gasteiger partial charge in [-0.3, -0.25) is 9.59 Å². The van der Waals surface area contributed by atoms with Crippen LogP contribution in [0.2, 0.25) is 0 Å². The zero-order valence-electron chi connectivity index (χ0n) is 13.1. The Bertz CT molecular complexity index is 736. The average molecular weight is 348 g/mol. The number of hydrogen-bond donors (Lipinski definition) is 1. The fraction of sp³-hybridized carbons (Fsp3) is 0.375. The molecular weight excluding hydrogens is 333 g/mol. The lowest BCUT2D eigenvalue weighted by atomic mass is 10.0. The quantitative estimate of drug-likeness (QED) is 0.780. The van der Waals surface area contributed by atoms with E-state index >= 15 is 0 Å². The molecule has 132 valence electrons. The Morgan fingerprint density at radius 3 is 2.52 bits per heavy atom. The smallest absolute Gasteiger partial charge is 0.329 e. The second-order valence-electron chi connectivity index (χ2n) is 5.90. The van der Waals surface area contributed by atoms with E-state index in [2.05, 4.69) is 5.32 Å². The normalized spacial score (nSPS) is 22.6. The van der Waals surface area contributed by atoms with Gasteiger partial charge >= 0.3 is 6.03 Å². The maximum absolute atomic E-state index is 13.1. The monoisotopic (exact) mass is 348 g/mol. The summed E-state index contributed by atoms with van der Waals surface area (Å²) in [5.74, 6) is -2.94. The van der Waals surface area contributed by atoms with Gasteiger partial charge in [-0.05, 0) is 37.1 Å². The van der Waals surface area contributed by atoms with Crippen molar-refractivity contribution in [3.8, 4) is 0 Å². The van der Waals surface area contributed by atoms with E-state index in [-0.39, 0.29) is 18.7 Å². The molecule has 9 heteroatoms. The minimum atomic E-state index is -1.35. The molecule has 2 atom stereocenters. The molecule has 8 nitrogen and oxygen atoms in total. The number of carboxylic acids is 1. The van der Waals surface area contributed by atoms with Gasteiger partial charge in [0.25, 0.3) is 5.91 Å². The van der Waals surface area contributed by atoms with Crippen LogP contribution in [0.1, 0.15) is 19.3 Å². The zero-order chi connectivity index (χ0) is 18.1. The van der Waals surface area contributed by atoms with Gasteiger partial charge < -0.3 is 20.1 Å². The summed E-state index contributed by atoms with van der Waals surface area (Å²) >= 11 is 0. The van der Waals surface area contributed by atoms with Crippen LogP contribution in [0, 0.1) is 5.82 Å². The number of imide groups is 1. The summed E-state index contributed by atoms with van der Waals surface area (Å²) in [6.45, 7) is 0.241. The number of aliphatic carboxylic acids is 1. The minimum Gasteiger partial charge on any atom is -0.550 e. The van der Waals surface area contributed by atoms with Crippen molar-refractivity contribution < 1.29 is 28.7 Å². The number of carbonyl (C=O) groups is 4. The predicted molar refractivity (Wildman–Crippen MR) is 80.6 cm³/mol. The molecule has 2 fully saturated rings. The molecule has 0 spiro atoms. The van der Waals surface area contributed by atoms with Crippen LogP contribution in [0.4, 0.5) is 14.9 Å². The SMILES string of the molecule is O=C([O-])CCC(=O)N1CC[C@H]2NC(=O)N(c3ccc(F)cc3)C(=O)[C@H]21. The highest BCUT2D eigenvalue weighted by Crippen LogP contribution is 2.28. The molecule has 0 unspecified atom stereocenters. The fourth-order valence-corrected chi connectivity index (χ4v) is 3.17. The highest BCUT2D eigenvalue weighted by Gasteiger charge is 2.49. The highest BCUT2D eigenvalue weighted by molar-refractivity contribution is 6.19. The lowest BCUT2D eigenvalue weighted by molar-refractivity contribution is -0.305. The first kappa shape index (κ1) is 16.9. The first-order valence-electron chi connectivity index (χ1n) is 7.78. The number of urea groups is 1. The van der Waals surface area contributed by atoms with E-state index in [0.29, 0.717) is 6.42 Å². The number of amides is 4. The Morgan fingerprint density at radius 1 is 1.20 bits per heavy atom. The maximum Gasteiger partial charge on any atom is 0.329 e. The Morgan fingerprint density at radius 2 is 1.88 bits per heavy atom. The van der Waals surface area contributed by atoms with Gasteiger partial charge in [0.1, 0.15) is 11.9 Å². The van der Waals surface area contributed by atoms with Crippen molar-refractivity contribution in [2.45, 2.75) is 31.3 Å². The number of nitrogens with zero attached hydrogens (tertiary/aromatic N) is 2. The zero-order valence-corrected chi connectivity index (χ0v) is 13.1.